The highest BCUT2D eigenvalue weighted by molar-refractivity contribution is 5.86. The van der Waals surface area contributed by atoms with Gasteiger partial charge in [0, 0.05) is 41.6 Å². The van der Waals surface area contributed by atoms with Crippen LogP contribution in [-0.2, 0) is 6.42 Å². The number of fused-ring (bicyclic) bond motifs is 4. The number of ether oxygens (including phenoxy) is 1. The number of nitrogens with zero attached hydrogens (tertiary/aromatic N) is 1. The minimum absolute atomic E-state index is 0.695. The summed E-state index contributed by atoms with van der Waals surface area (Å²) in [6, 6.07) is 7.25. The number of piperidine rings is 2. The molecule has 2 unspecified atom stereocenters. The predicted octanol–water partition coefficient (Wildman–Crippen LogP) is 4.18. The van der Waals surface area contributed by atoms with Crippen LogP contribution in [0, 0.1) is 17.8 Å². The molecule has 0 radical (unpaired) electrons. The van der Waals surface area contributed by atoms with Gasteiger partial charge in [0.2, 0.25) is 0 Å². The van der Waals surface area contributed by atoms with Gasteiger partial charge < -0.3 is 9.72 Å². The number of nitrogens with one attached hydrogen (secondary N) is 1. The van der Waals surface area contributed by atoms with Crippen molar-refractivity contribution in [2.45, 2.75) is 45.1 Å². The molecule has 6 atom stereocenters. The van der Waals surface area contributed by atoms with E-state index in [1.807, 2.05) is 0 Å². The largest absolute Gasteiger partial charge is 0.497 e. The van der Waals surface area contributed by atoms with E-state index in [2.05, 4.69) is 41.9 Å². The zero-order valence-electron chi connectivity index (χ0n) is 15.0. The van der Waals surface area contributed by atoms with Crippen LogP contribution >= 0.6 is 0 Å². The summed E-state index contributed by atoms with van der Waals surface area (Å²) in [6.07, 6.45) is 3.86. The van der Waals surface area contributed by atoms with Crippen LogP contribution in [0.2, 0.25) is 0 Å². The summed E-state index contributed by atoms with van der Waals surface area (Å²) in [4.78, 5) is 6.65. The average molecular weight is 324 g/mol. The first-order chi connectivity index (χ1) is 11.7. The topological polar surface area (TPSA) is 28.3 Å². The Kier molecular flexibility index (Phi) is 3.25. The highest BCUT2D eigenvalue weighted by atomic mass is 16.5. The lowest BCUT2D eigenvalue weighted by atomic mass is 9.60. The Morgan fingerprint density at radius 1 is 1.33 bits per heavy atom. The summed E-state index contributed by atoms with van der Waals surface area (Å²) in [5, 5.41) is 1.38. The van der Waals surface area contributed by atoms with Crippen molar-refractivity contribution in [2.75, 3.05) is 20.2 Å². The van der Waals surface area contributed by atoms with Crippen LogP contribution in [0.15, 0.2) is 18.2 Å². The Balaban J connectivity index is 1.66. The third-order valence-corrected chi connectivity index (χ3v) is 7.35. The average Bonchev–Trinajstić information content (AvgIpc) is 2.93. The molecule has 3 aliphatic heterocycles. The third-order valence-electron chi connectivity index (χ3n) is 7.35. The van der Waals surface area contributed by atoms with Crippen LogP contribution < -0.4 is 4.74 Å². The quantitative estimate of drug-likeness (QED) is 0.897. The number of rotatable bonds is 2. The molecule has 2 saturated heterocycles. The van der Waals surface area contributed by atoms with Crippen LogP contribution in [0.5, 0.6) is 5.75 Å². The Morgan fingerprint density at radius 2 is 2.21 bits per heavy atom. The summed E-state index contributed by atoms with van der Waals surface area (Å²) < 4.78 is 5.47. The second kappa shape index (κ2) is 5.26. The first-order valence-corrected chi connectivity index (χ1v) is 9.63. The summed E-state index contributed by atoms with van der Waals surface area (Å²) >= 11 is 0. The molecule has 2 aromatic rings. The Bertz CT molecular complexity index is 779. The maximum absolute atomic E-state index is 5.47. The van der Waals surface area contributed by atoms with Gasteiger partial charge in [0.05, 0.1) is 7.11 Å². The van der Waals surface area contributed by atoms with Crippen molar-refractivity contribution in [3.63, 3.8) is 0 Å². The van der Waals surface area contributed by atoms with Crippen molar-refractivity contribution >= 4 is 10.9 Å². The Morgan fingerprint density at radius 3 is 3.00 bits per heavy atom. The first kappa shape index (κ1) is 14.8. The molecule has 3 fully saturated rings. The standard InChI is InChI=1S/C21H28N2O/c1-4-15-12(2)13-9-18-20-16(7-8-23(11-13)21(15)18)17-10-14(24-3)5-6-19(17)22-20/h5-6,10,12-13,15,18,21-22H,4,7-9,11H2,1-3H3/t12-,13-,15-,18-,21?/m0/s1. The molecule has 4 bridgehead atoms. The monoisotopic (exact) mass is 324 g/mol. The van der Waals surface area contributed by atoms with Crippen molar-refractivity contribution in [1.29, 1.82) is 0 Å². The SMILES string of the molecule is CC[C@@H]1C2[C@H]3C[C@@H](CN2CCc2c3[nH]c3ccc(OC)cc23)[C@@H]1C. The molecule has 1 aromatic carbocycles. The predicted molar refractivity (Wildman–Crippen MR) is 97.7 cm³/mol. The van der Waals surface area contributed by atoms with E-state index in [9.17, 15) is 0 Å². The fraction of sp³-hybridized carbons (Fsp3) is 0.619. The number of aromatic nitrogens is 1. The van der Waals surface area contributed by atoms with Gasteiger partial charge in [-0.2, -0.15) is 0 Å². The van der Waals surface area contributed by atoms with Gasteiger partial charge in [0.15, 0.2) is 0 Å². The highest BCUT2D eigenvalue weighted by Crippen LogP contribution is 2.53. The first-order valence-electron chi connectivity index (χ1n) is 9.63. The van der Waals surface area contributed by atoms with Crippen molar-refractivity contribution in [2.24, 2.45) is 17.8 Å². The molecule has 0 spiro atoms. The van der Waals surface area contributed by atoms with Crippen molar-refractivity contribution in [3.8, 4) is 5.75 Å². The molecule has 128 valence electrons. The summed E-state index contributed by atoms with van der Waals surface area (Å²) in [5.41, 5.74) is 4.39. The molecule has 1 aliphatic carbocycles. The van der Waals surface area contributed by atoms with Crippen LogP contribution in [-0.4, -0.2) is 36.1 Å². The minimum Gasteiger partial charge on any atom is -0.497 e. The third kappa shape index (κ3) is 1.88. The van der Waals surface area contributed by atoms with E-state index in [1.165, 1.54) is 43.3 Å². The number of benzene rings is 1. The lowest BCUT2D eigenvalue weighted by Gasteiger charge is -2.56. The fourth-order valence-electron chi connectivity index (χ4n) is 6.19. The van der Waals surface area contributed by atoms with Gasteiger partial charge in [0.25, 0.3) is 0 Å². The van der Waals surface area contributed by atoms with E-state index in [1.54, 1.807) is 18.4 Å². The van der Waals surface area contributed by atoms with E-state index in [-0.39, 0.29) is 0 Å². The van der Waals surface area contributed by atoms with Crippen molar-refractivity contribution in [3.05, 3.63) is 29.5 Å². The molecule has 4 heterocycles. The molecular formula is C21H28N2O. The van der Waals surface area contributed by atoms with E-state index < -0.39 is 0 Å². The number of methoxy groups -OCH3 is 1. The second-order valence-electron chi connectivity index (χ2n) is 8.20. The lowest BCUT2D eigenvalue weighted by molar-refractivity contribution is -0.0540. The van der Waals surface area contributed by atoms with Gasteiger partial charge in [-0.15, -0.1) is 0 Å². The molecule has 1 aromatic heterocycles. The molecular weight excluding hydrogens is 296 g/mol. The molecule has 4 aliphatic rings. The second-order valence-corrected chi connectivity index (χ2v) is 8.20. The molecule has 24 heavy (non-hydrogen) atoms. The van der Waals surface area contributed by atoms with Crippen molar-refractivity contribution in [1.82, 2.24) is 9.88 Å². The van der Waals surface area contributed by atoms with Crippen LogP contribution in [0.4, 0.5) is 0 Å². The zero-order chi connectivity index (χ0) is 16.4. The van der Waals surface area contributed by atoms with Crippen LogP contribution in [0.25, 0.3) is 10.9 Å². The normalized spacial score (nSPS) is 37.3. The van der Waals surface area contributed by atoms with Crippen LogP contribution in [0.3, 0.4) is 0 Å². The van der Waals surface area contributed by atoms with E-state index >= 15 is 0 Å². The molecule has 0 amide bonds. The number of hydrogen-bond acceptors (Lipinski definition) is 2. The number of aromatic amines is 1. The fourth-order valence-corrected chi connectivity index (χ4v) is 6.19. The van der Waals surface area contributed by atoms with Gasteiger partial charge in [-0.05, 0) is 54.4 Å². The number of hydrogen-bond donors (Lipinski definition) is 1. The summed E-state index contributed by atoms with van der Waals surface area (Å²) in [5.74, 6) is 4.28. The molecule has 1 saturated carbocycles. The molecule has 3 heteroatoms. The Labute approximate surface area is 144 Å². The molecule has 3 nitrogen and oxygen atoms in total. The Hall–Kier alpha value is -1.48. The minimum atomic E-state index is 0.695. The van der Waals surface area contributed by atoms with Gasteiger partial charge in [0.1, 0.15) is 5.75 Å². The maximum atomic E-state index is 5.47. The van der Waals surface area contributed by atoms with E-state index in [0.717, 1.165) is 29.5 Å². The number of H-pyrrole nitrogens is 1. The van der Waals surface area contributed by atoms with Gasteiger partial charge in [-0.1, -0.05) is 20.3 Å². The molecule has 1 N–H and O–H groups in total. The van der Waals surface area contributed by atoms with Gasteiger partial charge >= 0.3 is 0 Å². The van der Waals surface area contributed by atoms with E-state index in [0.29, 0.717) is 5.92 Å². The van der Waals surface area contributed by atoms with E-state index in [4.69, 9.17) is 4.74 Å². The summed E-state index contributed by atoms with van der Waals surface area (Å²) in [6.45, 7) is 7.45. The van der Waals surface area contributed by atoms with Crippen molar-refractivity contribution < 1.29 is 4.74 Å². The van der Waals surface area contributed by atoms with Gasteiger partial charge in [-0.25, -0.2) is 0 Å². The van der Waals surface area contributed by atoms with Gasteiger partial charge in [-0.3, -0.25) is 4.90 Å². The maximum Gasteiger partial charge on any atom is 0.119 e. The van der Waals surface area contributed by atoms with Crippen LogP contribution in [0.1, 0.15) is 43.9 Å². The zero-order valence-corrected chi connectivity index (χ0v) is 15.0. The highest BCUT2D eigenvalue weighted by Gasteiger charge is 2.51. The molecule has 6 rings (SSSR count). The lowest BCUT2D eigenvalue weighted by Crippen LogP contribution is -2.59. The smallest absolute Gasteiger partial charge is 0.119 e. The summed E-state index contributed by atoms with van der Waals surface area (Å²) in [7, 11) is 1.76.